The van der Waals surface area contributed by atoms with Gasteiger partial charge >= 0.3 is 168 Å². The maximum absolute atomic E-state index is 2.43. The van der Waals surface area contributed by atoms with Gasteiger partial charge in [0, 0.05) is 0 Å². The Morgan fingerprint density at radius 2 is 1.10 bits per heavy atom. The van der Waals surface area contributed by atoms with Crippen molar-refractivity contribution < 1.29 is 57.7 Å². The molecule has 1 aliphatic rings. The Morgan fingerprint density at radius 3 is 1.59 bits per heavy atom. The van der Waals surface area contributed by atoms with Gasteiger partial charge in [0.25, 0.3) is 0 Å². The predicted molar refractivity (Wildman–Crippen MR) is 105 cm³/mol. The average molecular weight is 476 g/mol. The van der Waals surface area contributed by atoms with E-state index in [0.29, 0.717) is 5.92 Å². The molecule has 0 unspecified atom stereocenters. The number of hydrogen-bond acceptors (Lipinski definition) is 0. The van der Waals surface area contributed by atoms with Gasteiger partial charge in [-0.25, -0.2) is 0 Å². The van der Waals surface area contributed by atoms with Gasteiger partial charge in [-0.2, -0.15) is 0 Å². The molecule has 0 amide bonds. The van der Waals surface area contributed by atoms with Crippen LogP contribution in [0.4, 0.5) is 0 Å². The Morgan fingerprint density at radius 1 is 0.655 bits per heavy atom. The molecule has 0 nitrogen and oxygen atoms in total. The third-order valence-electron chi connectivity index (χ3n) is 5.06. The molecule has 0 saturated carbocycles. The molecule has 3 aromatic rings. The van der Waals surface area contributed by atoms with Crippen LogP contribution in [0.1, 0.15) is 29.0 Å². The van der Waals surface area contributed by atoms with Crippen LogP contribution >= 0.6 is 0 Å². The monoisotopic (exact) mass is 474 g/mol. The summed E-state index contributed by atoms with van der Waals surface area (Å²) in [7, 11) is 0. The molecule has 146 valence electrons. The van der Waals surface area contributed by atoms with E-state index in [1.54, 1.807) is 0 Å². The average Bonchev–Trinajstić information content (AvgIpc) is 3.05. The van der Waals surface area contributed by atoms with Crippen LogP contribution in [0.3, 0.4) is 0 Å². The summed E-state index contributed by atoms with van der Waals surface area (Å²) in [6, 6.07) is 32.6. The molecule has 0 fully saturated rings. The standard InChI is InChI=1S/C25H21.3ClH.Ti/c1-4-10-20(11-5-1)18-21-16-17-24(19-21)25(22-12-6-2-7-13-22)23-14-8-3-9-15-23;;;;/h1-16,25H,17-18H2;3*1H;/q;;;;+3/p-3. The van der Waals surface area contributed by atoms with Crippen molar-refractivity contribution in [1.82, 2.24) is 0 Å². The van der Waals surface area contributed by atoms with Gasteiger partial charge in [-0.3, -0.25) is 0 Å². The van der Waals surface area contributed by atoms with Crippen molar-refractivity contribution in [3.8, 4) is 0 Å². The van der Waals surface area contributed by atoms with Crippen molar-refractivity contribution in [2.75, 3.05) is 0 Å². The summed E-state index contributed by atoms with van der Waals surface area (Å²) < 4.78 is 1.46. The van der Waals surface area contributed by atoms with E-state index in [-0.39, 0.29) is 37.2 Å². The Labute approximate surface area is 204 Å². The molecule has 0 N–H and O–H groups in total. The molecule has 1 aliphatic carbocycles. The van der Waals surface area contributed by atoms with Crippen molar-refractivity contribution in [3.05, 3.63) is 129 Å². The summed E-state index contributed by atoms with van der Waals surface area (Å²) in [5, 5.41) is 0. The topological polar surface area (TPSA) is 0 Å². The first-order valence-corrected chi connectivity index (χ1v) is 9.89. The molecule has 0 aliphatic heterocycles. The molecule has 0 bridgehead atoms. The van der Waals surface area contributed by atoms with E-state index in [9.17, 15) is 0 Å². The molecule has 0 saturated heterocycles. The third-order valence-corrected chi connectivity index (χ3v) is 6.07. The Hall–Kier alpha value is -1.28. The summed E-state index contributed by atoms with van der Waals surface area (Å²) in [5.74, 6) is 0.335. The van der Waals surface area contributed by atoms with Crippen molar-refractivity contribution in [1.29, 1.82) is 0 Å². The molecule has 0 radical (unpaired) electrons. The van der Waals surface area contributed by atoms with Crippen molar-refractivity contribution in [2.24, 2.45) is 0 Å². The van der Waals surface area contributed by atoms with Gasteiger partial charge in [0.1, 0.15) is 0 Å². The van der Waals surface area contributed by atoms with Crippen LogP contribution in [0.5, 0.6) is 0 Å². The van der Waals surface area contributed by atoms with Crippen molar-refractivity contribution in [3.63, 3.8) is 0 Å². The molecule has 0 aromatic heterocycles. The summed E-state index contributed by atoms with van der Waals surface area (Å²) in [6.07, 6.45) is 4.49. The molecule has 4 heteroatoms. The van der Waals surface area contributed by atoms with E-state index in [0.717, 1.165) is 12.8 Å². The van der Waals surface area contributed by atoms with Crippen LogP contribution in [0, 0.1) is 0 Å². The van der Waals surface area contributed by atoms with Crippen molar-refractivity contribution in [2.45, 2.75) is 18.8 Å². The zero-order valence-corrected chi connectivity index (χ0v) is 19.7. The van der Waals surface area contributed by atoms with E-state index in [1.807, 2.05) is 0 Å². The molecule has 29 heavy (non-hydrogen) atoms. The molecule has 4 rings (SSSR count). The fourth-order valence-electron chi connectivity index (χ4n) is 3.77. The normalized spacial score (nSPS) is 12.6. The SMILES string of the molecule is [Cl-].[Cl-].[Cl-].[Ti+3][C]1=C(C(c2ccccc2)c2ccccc2)CC=C1Cc1ccccc1. The summed E-state index contributed by atoms with van der Waals surface area (Å²) in [5.41, 5.74) is 7.15. The first kappa shape index (κ1) is 25.8. The number of halogens is 3. The van der Waals surface area contributed by atoms with Crippen LogP contribution in [-0.4, -0.2) is 0 Å². The predicted octanol–water partition coefficient (Wildman–Crippen LogP) is -2.80. The van der Waals surface area contributed by atoms with Gasteiger partial charge < -0.3 is 37.2 Å². The second-order valence-corrected chi connectivity index (χ2v) is 7.53. The fourth-order valence-corrected chi connectivity index (χ4v) is 4.45. The van der Waals surface area contributed by atoms with E-state index < -0.39 is 0 Å². The third kappa shape index (κ3) is 6.11. The maximum atomic E-state index is 2.43. The molecular formula is C25H21Cl3Ti. The molecule has 0 atom stereocenters. The zero-order chi connectivity index (χ0) is 17.8. The van der Waals surface area contributed by atoms with Crippen LogP contribution in [0.2, 0.25) is 0 Å². The molecule has 3 aromatic carbocycles. The fraction of sp³-hybridized carbons (Fsp3) is 0.120. The van der Waals surface area contributed by atoms with E-state index in [1.165, 1.54) is 31.7 Å². The molecule has 0 heterocycles. The first-order chi connectivity index (χ1) is 12.8. The number of rotatable bonds is 5. The minimum atomic E-state index is 0. The molecule has 0 spiro atoms. The quantitative estimate of drug-likeness (QED) is 0.350. The van der Waals surface area contributed by atoms with Crippen LogP contribution < -0.4 is 37.2 Å². The Bertz CT molecular complexity index is 896. The first-order valence-electron chi connectivity index (χ1n) is 9.11. The van der Waals surface area contributed by atoms with Crippen molar-refractivity contribution >= 4 is 0 Å². The van der Waals surface area contributed by atoms with Gasteiger partial charge in [-0.15, -0.1) is 0 Å². The second kappa shape index (κ2) is 12.4. The Kier molecular flexibility index (Phi) is 11.0. The summed E-state index contributed by atoms with van der Waals surface area (Å²) >= 11 is 2.30. The van der Waals surface area contributed by atoms with Gasteiger partial charge in [-0.1, -0.05) is 0 Å². The van der Waals surface area contributed by atoms with Crippen LogP contribution in [0.15, 0.2) is 112 Å². The van der Waals surface area contributed by atoms with Gasteiger partial charge in [0.15, 0.2) is 0 Å². The van der Waals surface area contributed by atoms with Gasteiger partial charge in [-0.05, 0) is 0 Å². The number of allylic oxidation sites excluding steroid dienone is 4. The summed E-state index contributed by atoms with van der Waals surface area (Å²) in [6.45, 7) is 0. The molecular weight excluding hydrogens is 455 g/mol. The van der Waals surface area contributed by atoms with Gasteiger partial charge in [0.05, 0.1) is 0 Å². The van der Waals surface area contributed by atoms with Crippen LogP contribution in [-0.2, 0) is 26.9 Å². The number of hydrogen-bond donors (Lipinski definition) is 0. The van der Waals surface area contributed by atoms with Gasteiger partial charge in [0.2, 0.25) is 0 Å². The van der Waals surface area contributed by atoms with E-state index in [4.69, 9.17) is 0 Å². The number of benzene rings is 3. The minimum absolute atomic E-state index is 0. The van der Waals surface area contributed by atoms with E-state index in [2.05, 4.69) is 118 Å². The zero-order valence-electron chi connectivity index (χ0n) is 15.9. The van der Waals surface area contributed by atoms with Crippen LogP contribution in [0.25, 0.3) is 0 Å². The summed E-state index contributed by atoms with van der Waals surface area (Å²) in [4.78, 5) is 0. The van der Waals surface area contributed by atoms with E-state index >= 15 is 0 Å². The second-order valence-electron chi connectivity index (χ2n) is 6.75. The Balaban J connectivity index is 0.00000140.